The van der Waals surface area contributed by atoms with Gasteiger partial charge in [-0.15, -0.1) is 0 Å². The van der Waals surface area contributed by atoms with Gasteiger partial charge in [0, 0.05) is 0 Å². The van der Waals surface area contributed by atoms with Crippen molar-refractivity contribution in [1.82, 2.24) is 0 Å². The first-order valence-electron chi connectivity index (χ1n) is 0.354. The van der Waals surface area contributed by atoms with Crippen molar-refractivity contribution in [2.45, 2.75) is 0 Å². The van der Waals surface area contributed by atoms with E-state index in [0.29, 0.717) is 0 Å². The average Bonchev–Trinajstić information content (AvgIpc) is 1.00. The Kier molecular flexibility index (Phi) is 184. The number of hydrogen-bond acceptors (Lipinski definition) is 1. The van der Waals surface area contributed by atoms with Crippen LogP contribution in [0.25, 0.3) is 0 Å². The molecule has 0 aliphatic rings. The summed E-state index contributed by atoms with van der Waals surface area (Å²) in [6.07, 6.45) is 0. The van der Waals surface area contributed by atoms with E-state index >= 15 is 0 Å². The van der Waals surface area contributed by atoms with Crippen LogP contribution in [0.4, 0.5) is 0 Å². The van der Waals surface area contributed by atoms with Crippen molar-refractivity contribution in [2.24, 2.45) is 0 Å². The van der Waals surface area contributed by atoms with Gasteiger partial charge in [-0.2, -0.15) is 0 Å². The van der Waals surface area contributed by atoms with Crippen molar-refractivity contribution in [3.05, 3.63) is 0 Å². The van der Waals surface area contributed by atoms with E-state index in [-0.39, 0.29) is 51.6 Å². The molecule has 1 N–H and O–H groups in total. The van der Waals surface area contributed by atoms with Crippen LogP contribution in [-0.4, -0.2) is 60.4 Å². The summed E-state index contributed by atoms with van der Waals surface area (Å²) in [5.74, 6) is 0. The van der Waals surface area contributed by atoms with Gasteiger partial charge in [0.2, 0.25) is 0 Å². The molecule has 0 heterocycles. The van der Waals surface area contributed by atoms with E-state index in [1.807, 2.05) is 0 Å². The molecule has 1 nitrogen and oxygen atoms in total. The second-order valence-electron chi connectivity index (χ2n) is 0. The average molecular weight is 156 g/mol. The zero-order chi connectivity index (χ0) is 2.00. The molecule has 0 atom stereocenters. The van der Waals surface area contributed by atoms with Gasteiger partial charge in [0.25, 0.3) is 0 Å². The van der Waals surface area contributed by atoms with Gasteiger partial charge in [-0.25, -0.2) is 0 Å². The summed E-state index contributed by atoms with van der Waals surface area (Å²) in [6.45, 7) is 0. The van der Waals surface area contributed by atoms with Crippen molar-refractivity contribution < 1.29 is 20.8 Å². The van der Waals surface area contributed by atoms with E-state index in [1.165, 1.54) is 0 Å². The molecule has 5 heteroatoms. The second kappa shape index (κ2) is 34.3. The molecule has 0 aromatic rings. The monoisotopic (exact) mass is 155 g/mol. The third-order valence-electron chi connectivity index (χ3n) is 0. The van der Waals surface area contributed by atoms with E-state index in [2.05, 4.69) is 15.4 Å². The van der Waals surface area contributed by atoms with Crippen LogP contribution in [0.3, 0.4) is 0 Å². The van der Waals surface area contributed by atoms with Crippen LogP contribution in [0.2, 0.25) is 0 Å². The van der Waals surface area contributed by atoms with Crippen LogP contribution >= 0.6 is 0 Å². The zero-order valence-corrected chi connectivity index (χ0v) is 7.90. The molecule has 0 amide bonds. The minimum atomic E-state index is 0. The SMILES string of the molecule is [MgH+].[MgH2].[OH-].[SiH3][Fe]. The van der Waals surface area contributed by atoms with Gasteiger partial charge in [0.05, 0.1) is 0 Å². The molecule has 0 saturated heterocycles. The first-order valence-corrected chi connectivity index (χ1v) is 4.37. The molecule has 0 rings (SSSR count). The van der Waals surface area contributed by atoms with E-state index < -0.39 is 0 Å². The van der Waals surface area contributed by atoms with E-state index in [0.717, 1.165) is 8.85 Å². The Labute approximate surface area is 74.9 Å². The molecule has 0 fully saturated rings. The molecular formula is H7FeMg2OSi. The van der Waals surface area contributed by atoms with Crippen molar-refractivity contribution in [3.63, 3.8) is 0 Å². The number of hydrogen-bond donors (Lipinski definition) is 0. The quantitative estimate of drug-likeness (QED) is 0.345. The molecule has 0 aromatic heterocycles. The van der Waals surface area contributed by atoms with Crippen LogP contribution in [0.1, 0.15) is 0 Å². The maximum absolute atomic E-state index is 3.39. The topological polar surface area (TPSA) is 30.0 Å². The Morgan fingerprint density at radius 3 is 1.20 bits per heavy atom. The van der Waals surface area contributed by atoms with E-state index in [1.54, 1.807) is 0 Å². The molecule has 5 heavy (non-hydrogen) atoms. The first kappa shape index (κ1) is 26.9. The third kappa shape index (κ3) is 22.4. The molecular weight excluding hydrogens is 149 g/mol. The molecule has 0 spiro atoms. The van der Waals surface area contributed by atoms with Gasteiger partial charge in [-0.3, -0.25) is 0 Å². The number of rotatable bonds is 0. The summed E-state index contributed by atoms with van der Waals surface area (Å²) < 4.78 is 0. The second-order valence-corrected chi connectivity index (χ2v) is 0. The zero-order valence-electron chi connectivity index (χ0n) is 2.80. The van der Waals surface area contributed by atoms with Crippen LogP contribution in [0, 0.1) is 0 Å². The summed E-state index contributed by atoms with van der Waals surface area (Å²) in [5, 5.41) is 0. The molecule has 29 valence electrons. The molecule has 0 aromatic carbocycles. The van der Waals surface area contributed by atoms with Gasteiger partial charge in [0.15, 0.2) is 0 Å². The van der Waals surface area contributed by atoms with Gasteiger partial charge < -0.3 is 5.48 Å². The summed E-state index contributed by atoms with van der Waals surface area (Å²) >= 11 is 3.39. The fourth-order valence-corrected chi connectivity index (χ4v) is 0. The van der Waals surface area contributed by atoms with Gasteiger partial charge in [-0.05, 0) is 0 Å². The van der Waals surface area contributed by atoms with Crippen molar-refractivity contribution in [3.8, 4) is 0 Å². The molecule has 0 radical (unpaired) electrons. The molecule has 0 bridgehead atoms. The molecule has 0 unspecified atom stereocenters. The summed E-state index contributed by atoms with van der Waals surface area (Å²) in [4.78, 5) is 0. The van der Waals surface area contributed by atoms with Gasteiger partial charge in [0.1, 0.15) is 0 Å². The predicted octanol–water partition coefficient (Wildman–Crippen LogP) is -2.93. The van der Waals surface area contributed by atoms with Crippen molar-refractivity contribution in [1.29, 1.82) is 0 Å². The summed E-state index contributed by atoms with van der Waals surface area (Å²) in [5.41, 5.74) is 0. The summed E-state index contributed by atoms with van der Waals surface area (Å²) in [7, 11) is 1.06. The van der Waals surface area contributed by atoms with Crippen LogP contribution in [-0.2, 0) is 15.4 Å². The minimum absolute atomic E-state index is 0. The Bertz CT molecular complexity index is 9.61. The fourth-order valence-electron chi connectivity index (χ4n) is 0. The van der Waals surface area contributed by atoms with Crippen LogP contribution in [0.15, 0.2) is 0 Å². The Morgan fingerprint density at radius 2 is 1.20 bits per heavy atom. The van der Waals surface area contributed by atoms with E-state index in [4.69, 9.17) is 0 Å². The third-order valence-corrected chi connectivity index (χ3v) is 0. The predicted molar refractivity (Wildman–Crippen MR) is 27.6 cm³/mol. The Hall–Kier alpha value is 2.23. The molecule has 0 aliphatic heterocycles. The van der Waals surface area contributed by atoms with Gasteiger partial charge >= 0.3 is 70.3 Å². The normalized spacial score (nSPS) is 1.80. The van der Waals surface area contributed by atoms with Gasteiger partial charge in [-0.1, -0.05) is 0 Å². The van der Waals surface area contributed by atoms with E-state index in [9.17, 15) is 0 Å². The molecule has 0 aliphatic carbocycles. The standard InChI is InChI=1S/Fe.2Mg.H2O.H3Si.3H/h;;;1H2;1H3;;;/q;;+1;;;;;/p-1. The van der Waals surface area contributed by atoms with Crippen LogP contribution in [0.5, 0.6) is 0 Å². The van der Waals surface area contributed by atoms with Crippen molar-refractivity contribution in [2.75, 3.05) is 0 Å². The maximum atomic E-state index is 3.39. The Balaban J connectivity index is -0.00000000167. The first-order chi connectivity index (χ1) is 1.00. The fraction of sp³-hybridized carbons (Fsp3) is 0. The summed E-state index contributed by atoms with van der Waals surface area (Å²) in [6, 6.07) is 0. The van der Waals surface area contributed by atoms with Crippen molar-refractivity contribution >= 4 is 55.0 Å². The molecule has 0 saturated carbocycles. The van der Waals surface area contributed by atoms with Crippen LogP contribution < -0.4 is 0 Å². The Morgan fingerprint density at radius 1 is 1.20 bits per heavy atom.